The number of benzene rings is 1. The Morgan fingerprint density at radius 1 is 1.35 bits per heavy atom. The molecule has 0 unspecified atom stereocenters. The summed E-state index contributed by atoms with van der Waals surface area (Å²) < 4.78 is 38.5. The first kappa shape index (κ1) is 16.1. The maximum atomic E-state index is 12.3. The lowest BCUT2D eigenvalue weighted by molar-refractivity contribution is -0.0328. The van der Waals surface area contributed by atoms with Crippen LogP contribution in [0.5, 0.6) is 0 Å². The minimum atomic E-state index is -4.35. The minimum Gasteiger partial charge on any atom is -0.267 e. The number of halogens is 3. The molecule has 0 saturated heterocycles. The zero-order valence-electron chi connectivity index (χ0n) is 11.6. The van der Waals surface area contributed by atoms with Gasteiger partial charge in [-0.05, 0) is 61.1 Å². The quantitative estimate of drug-likeness (QED) is 0.643. The fourth-order valence-corrected chi connectivity index (χ4v) is 2.73. The molecule has 5 nitrogen and oxygen atoms in total. The highest BCUT2D eigenvalue weighted by Crippen LogP contribution is 2.38. The van der Waals surface area contributed by atoms with Gasteiger partial charge >= 0.3 is 5.51 Å². The number of aromatic amines is 1. The van der Waals surface area contributed by atoms with Crippen LogP contribution in [0.15, 0.2) is 29.2 Å². The Kier molecular flexibility index (Phi) is 4.19. The normalized spacial score (nSPS) is 14.7. The van der Waals surface area contributed by atoms with E-state index in [9.17, 15) is 18.0 Å². The van der Waals surface area contributed by atoms with Crippen LogP contribution in [0.1, 0.15) is 34.9 Å². The number of carbonyl (C=O) groups is 1. The predicted molar refractivity (Wildman–Crippen MR) is 81.4 cm³/mol. The number of aromatic nitrogens is 3. The van der Waals surface area contributed by atoms with Gasteiger partial charge in [-0.1, -0.05) is 0 Å². The van der Waals surface area contributed by atoms with Crippen molar-refractivity contribution in [3.05, 3.63) is 40.4 Å². The van der Waals surface area contributed by atoms with Crippen molar-refractivity contribution in [2.45, 2.75) is 29.2 Å². The molecule has 0 aliphatic heterocycles. The molecular weight excluding hydrogens is 349 g/mol. The highest BCUT2D eigenvalue weighted by atomic mass is 32.2. The Morgan fingerprint density at radius 3 is 2.57 bits per heavy atom. The molecule has 0 bridgehead atoms. The highest BCUT2D eigenvalue weighted by Gasteiger charge is 2.30. The Hall–Kier alpha value is -1.81. The molecule has 1 amide bonds. The summed E-state index contributed by atoms with van der Waals surface area (Å²) in [7, 11) is 0. The molecule has 1 fully saturated rings. The molecule has 0 radical (unpaired) electrons. The topological polar surface area (TPSA) is 62.7 Å². The Labute approximate surface area is 138 Å². The summed E-state index contributed by atoms with van der Waals surface area (Å²) in [6, 6.07) is 5.18. The van der Waals surface area contributed by atoms with Gasteiger partial charge < -0.3 is 0 Å². The number of amides is 1. The summed E-state index contributed by atoms with van der Waals surface area (Å²) >= 11 is 4.85. The average molecular weight is 360 g/mol. The number of nitrogens with one attached hydrogen (secondary N) is 2. The number of carbonyl (C=O) groups excluding carboxylic acids is 1. The second-order valence-electron chi connectivity index (χ2n) is 5.01. The Morgan fingerprint density at radius 2 is 2.00 bits per heavy atom. The standard InChI is InChI=1S/C13H11F3N4OS2/c14-13(15,16)23-9-5-3-8(4-6-9)11(21)19-20-10(7-1-2-7)17-18-12(20)22/h3-7H,1-2H2,(H,18,22)(H,19,21). The maximum Gasteiger partial charge on any atom is 0.446 e. The fraction of sp³-hybridized carbons (Fsp3) is 0.308. The first-order valence-electron chi connectivity index (χ1n) is 6.68. The van der Waals surface area contributed by atoms with Gasteiger partial charge in [0.2, 0.25) is 4.77 Å². The lowest BCUT2D eigenvalue weighted by Gasteiger charge is -2.09. The van der Waals surface area contributed by atoms with Crippen LogP contribution in [0.2, 0.25) is 0 Å². The Bertz CT molecular complexity index is 778. The van der Waals surface area contributed by atoms with Crippen LogP contribution in [0.4, 0.5) is 13.2 Å². The first-order valence-corrected chi connectivity index (χ1v) is 7.90. The van der Waals surface area contributed by atoms with Crippen molar-refractivity contribution in [2.75, 3.05) is 5.43 Å². The number of alkyl halides is 3. The predicted octanol–water partition coefficient (Wildman–Crippen LogP) is 3.81. The molecule has 23 heavy (non-hydrogen) atoms. The van der Waals surface area contributed by atoms with Gasteiger partial charge in [-0.3, -0.25) is 15.3 Å². The van der Waals surface area contributed by atoms with E-state index in [2.05, 4.69) is 15.6 Å². The van der Waals surface area contributed by atoms with E-state index in [-0.39, 0.29) is 32.9 Å². The second kappa shape index (κ2) is 6.00. The molecule has 3 rings (SSSR count). The van der Waals surface area contributed by atoms with Gasteiger partial charge in [0.1, 0.15) is 0 Å². The van der Waals surface area contributed by atoms with E-state index in [1.165, 1.54) is 28.9 Å². The second-order valence-corrected chi connectivity index (χ2v) is 6.53. The number of hydrogen-bond donors (Lipinski definition) is 2. The van der Waals surface area contributed by atoms with E-state index in [1.807, 2.05) is 0 Å². The van der Waals surface area contributed by atoms with E-state index < -0.39 is 11.4 Å². The largest absolute Gasteiger partial charge is 0.446 e. The minimum absolute atomic E-state index is 0.0210. The zero-order chi connectivity index (χ0) is 16.6. The lowest BCUT2D eigenvalue weighted by Crippen LogP contribution is -2.24. The summed E-state index contributed by atoms with van der Waals surface area (Å²) in [5, 5.41) is 6.70. The molecule has 1 aliphatic carbocycles. The summed E-state index contributed by atoms with van der Waals surface area (Å²) in [5.41, 5.74) is -1.50. The number of H-pyrrole nitrogens is 1. The zero-order valence-corrected chi connectivity index (χ0v) is 13.2. The van der Waals surface area contributed by atoms with Crippen LogP contribution < -0.4 is 5.43 Å². The van der Waals surface area contributed by atoms with Gasteiger partial charge in [-0.2, -0.15) is 18.3 Å². The molecule has 1 aromatic heterocycles. The van der Waals surface area contributed by atoms with E-state index >= 15 is 0 Å². The molecule has 1 saturated carbocycles. The highest BCUT2D eigenvalue weighted by molar-refractivity contribution is 8.00. The lowest BCUT2D eigenvalue weighted by atomic mass is 10.2. The van der Waals surface area contributed by atoms with Gasteiger partial charge in [0.05, 0.1) is 0 Å². The summed E-state index contributed by atoms with van der Waals surface area (Å²) in [6.45, 7) is 0. The summed E-state index contributed by atoms with van der Waals surface area (Å²) in [5.74, 6) is 0.467. The number of nitrogens with zero attached hydrogens (tertiary/aromatic N) is 2. The van der Waals surface area contributed by atoms with Crippen molar-refractivity contribution in [3.8, 4) is 0 Å². The van der Waals surface area contributed by atoms with Gasteiger partial charge in [0.25, 0.3) is 5.91 Å². The molecule has 0 atom stereocenters. The van der Waals surface area contributed by atoms with Crippen LogP contribution in [0, 0.1) is 4.77 Å². The summed E-state index contributed by atoms with van der Waals surface area (Å²) in [4.78, 5) is 12.2. The SMILES string of the molecule is O=C(Nn1c(C2CC2)n[nH]c1=S)c1ccc(SC(F)(F)F)cc1. The average Bonchev–Trinajstić information content (AvgIpc) is 3.24. The van der Waals surface area contributed by atoms with Gasteiger partial charge in [-0.15, -0.1) is 0 Å². The van der Waals surface area contributed by atoms with E-state index in [0.29, 0.717) is 5.82 Å². The first-order chi connectivity index (χ1) is 10.8. The van der Waals surface area contributed by atoms with Gasteiger partial charge in [0.15, 0.2) is 5.82 Å². The molecular formula is C13H11F3N4OS2. The van der Waals surface area contributed by atoms with Gasteiger partial charge in [-0.25, -0.2) is 4.68 Å². The molecule has 10 heteroatoms. The van der Waals surface area contributed by atoms with Crippen molar-refractivity contribution >= 4 is 29.9 Å². The van der Waals surface area contributed by atoms with E-state index in [0.717, 1.165) is 12.8 Å². The smallest absolute Gasteiger partial charge is 0.267 e. The van der Waals surface area contributed by atoms with Crippen molar-refractivity contribution in [1.29, 1.82) is 0 Å². The molecule has 1 aliphatic rings. The third-order valence-electron chi connectivity index (χ3n) is 3.20. The maximum absolute atomic E-state index is 12.3. The van der Waals surface area contributed by atoms with Crippen LogP contribution in [0.3, 0.4) is 0 Å². The van der Waals surface area contributed by atoms with Crippen molar-refractivity contribution in [1.82, 2.24) is 14.9 Å². The monoisotopic (exact) mass is 360 g/mol. The molecule has 122 valence electrons. The van der Waals surface area contributed by atoms with E-state index in [4.69, 9.17) is 12.2 Å². The molecule has 2 N–H and O–H groups in total. The summed E-state index contributed by atoms with van der Waals surface area (Å²) in [6.07, 6.45) is 1.97. The van der Waals surface area contributed by atoms with E-state index in [1.54, 1.807) is 0 Å². The third kappa shape index (κ3) is 3.94. The van der Waals surface area contributed by atoms with Crippen molar-refractivity contribution < 1.29 is 18.0 Å². The van der Waals surface area contributed by atoms with Crippen molar-refractivity contribution in [2.24, 2.45) is 0 Å². The van der Waals surface area contributed by atoms with Crippen LogP contribution in [0.25, 0.3) is 0 Å². The van der Waals surface area contributed by atoms with Crippen LogP contribution in [-0.2, 0) is 0 Å². The molecule has 0 spiro atoms. The van der Waals surface area contributed by atoms with Gasteiger partial charge in [0, 0.05) is 16.4 Å². The number of rotatable bonds is 4. The third-order valence-corrected chi connectivity index (χ3v) is 4.22. The molecule has 2 aromatic rings. The number of thioether (sulfide) groups is 1. The van der Waals surface area contributed by atoms with Crippen molar-refractivity contribution in [3.63, 3.8) is 0 Å². The molecule has 1 aromatic carbocycles. The number of hydrogen-bond acceptors (Lipinski definition) is 4. The molecule has 1 heterocycles. The Balaban J connectivity index is 1.74. The van der Waals surface area contributed by atoms with Crippen LogP contribution >= 0.6 is 24.0 Å². The van der Waals surface area contributed by atoms with Crippen LogP contribution in [-0.4, -0.2) is 26.3 Å². The fourth-order valence-electron chi connectivity index (χ4n) is 2.01.